The van der Waals surface area contributed by atoms with Gasteiger partial charge in [-0.25, -0.2) is 0 Å². The third kappa shape index (κ3) is 1.32. The second-order valence-electron chi connectivity index (χ2n) is 1.62. The third-order valence-electron chi connectivity index (χ3n) is 0.995. The molecule has 3 heteroatoms. The van der Waals surface area contributed by atoms with Gasteiger partial charge in [0.25, 0.3) is 6.20 Å². The highest BCUT2D eigenvalue weighted by Crippen LogP contribution is 2.01. The first-order valence-electron chi connectivity index (χ1n) is 2.57. The van der Waals surface area contributed by atoms with Gasteiger partial charge in [0.1, 0.15) is 0 Å². The SMILES string of the molecule is COc1ccc[n+](O)c1. The maximum atomic E-state index is 8.78. The molecule has 0 unspecified atom stereocenters. The van der Waals surface area contributed by atoms with E-state index in [1.54, 1.807) is 19.2 Å². The number of pyridine rings is 1. The Labute approximate surface area is 53.1 Å². The number of methoxy groups -OCH3 is 1. The van der Waals surface area contributed by atoms with Gasteiger partial charge in [0, 0.05) is 10.8 Å². The highest BCUT2D eigenvalue weighted by Gasteiger charge is 1.96. The second kappa shape index (κ2) is 2.35. The Hall–Kier alpha value is -1.25. The number of hydrogen-bond acceptors (Lipinski definition) is 2. The van der Waals surface area contributed by atoms with E-state index in [0.29, 0.717) is 5.75 Å². The minimum absolute atomic E-state index is 0.639. The van der Waals surface area contributed by atoms with Crippen molar-refractivity contribution >= 4 is 0 Å². The van der Waals surface area contributed by atoms with Crippen LogP contribution < -0.4 is 9.47 Å². The minimum atomic E-state index is 0.639. The fourth-order valence-electron chi connectivity index (χ4n) is 0.563. The van der Waals surface area contributed by atoms with Gasteiger partial charge in [-0.3, -0.25) is 5.21 Å². The van der Waals surface area contributed by atoms with Crippen molar-refractivity contribution in [2.45, 2.75) is 0 Å². The van der Waals surface area contributed by atoms with Crippen LogP contribution >= 0.6 is 0 Å². The first-order valence-corrected chi connectivity index (χ1v) is 2.57. The van der Waals surface area contributed by atoms with Crippen molar-refractivity contribution in [3.63, 3.8) is 0 Å². The zero-order chi connectivity index (χ0) is 6.69. The molecule has 9 heavy (non-hydrogen) atoms. The largest absolute Gasteiger partial charge is 0.491 e. The van der Waals surface area contributed by atoms with Gasteiger partial charge in [-0.2, -0.15) is 0 Å². The number of ether oxygens (including phenoxy) is 1. The molecule has 3 nitrogen and oxygen atoms in total. The molecular weight excluding hydrogens is 118 g/mol. The quantitative estimate of drug-likeness (QED) is 0.431. The van der Waals surface area contributed by atoms with E-state index in [4.69, 9.17) is 9.94 Å². The van der Waals surface area contributed by atoms with Gasteiger partial charge < -0.3 is 4.74 Å². The molecule has 1 aromatic rings. The van der Waals surface area contributed by atoms with Crippen LogP contribution in [0.3, 0.4) is 0 Å². The molecule has 1 aromatic heterocycles. The molecule has 0 aliphatic carbocycles. The molecule has 0 aliphatic rings. The Morgan fingerprint density at radius 3 is 2.89 bits per heavy atom. The molecule has 1 heterocycles. The van der Waals surface area contributed by atoms with E-state index in [9.17, 15) is 0 Å². The molecule has 0 bridgehead atoms. The summed E-state index contributed by atoms with van der Waals surface area (Å²) in [7, 11) is 1.55. The lowest BCUT2D eigenvalue weighted by Crippen LogP contribution is -2.27. The van der Waals surface area contributed by atoms with Crippen LogP contribution in [0.2, 0.25) is 0 Å². The summed E-state index contributed by atoms with van der Waals surface area (Å²) in [4.78, 5) is 0. The normalized spacial score (nSPS) is 9.00. The van der Waals surface area contributed by atoms with Crippen LogP contribution in [0.4, 0.5) is 0 Å². The van der Waals surface area contributed by atoms with E-state index in [1.807, 2.05) is 0 Å². The molecule has 0 saturated heterocycles. The number of hydrogen-bond donors (Lipinski definition) is 1. The fourth-order valence-corrected chi connectivity index (χ4v) is 0.563. The van der Waals surface area contributed by atoms with Gasteiger partial charge in [0.05, 0.1) is 7.11 Å². The van der Waals surface area contributed by atoms with Gasteiger partial charge in [0.15, 0.2) is 5.75 Å². The number of rotatable bonds is 1. The van der Waals surface area contributed by atoms with Crippen LogP contribution in [0.1, 0.15) is 0 Å². The van der Waals surface area contributed by atoms with Crippen molar-refractivity contribution < 1.29 is 14.7 Å². The summed E-state index contributed by atoms with van der Waals surface area (Å²) in [5.41, 5.74) is 0. The Kier molecular flexibility index (Phi) is 1.53. The lowest BCUT2D eigenvalue weighted by Gasteiger charge is -1.91. The molecule has 1 N–H and O–H groups in total. The smallest absolute Gasteiger partial charge is 0.263 e. The molecule has 1 rings (SSSR count). The molecule has 0 saturated carbocycles. The summed E-state index contributed by atoms with van der Waals surface area (Å²) in [5, 5.41) is 8.78. The lowest BCUT2D eigenvalue weighted by molar-refractivity contribution is -0.904. The predicted molar refractivity (Wildman–Crippen MR) is 30.4 cm³/mol. The van der Waals surface area contributed by atoms with Crippen molar-refractivity contribution in [1.82, 2.24) is 0 Å². The average Bonchev–Trinajstić information content (AvgIpc) is 1.88. The van der Waals surface area contributed by atoms with Crippen LogP contribution in [0.25, 0.3) is 0 Å². The molecule has 0 fully saturated rings. The molecular formula is C6H8NO2+. The fraction of sp³-hybridized carbons (Fsp3) is 0.167. The van der Waals surface area contributed by atoms with E-state index in [2.05, 4.69) is 0 Å². The zero-order valence-corrected chi connectivity index (χ0v) is 5.11. The summed E-state index contributed by atoms with van der Waals surface area (Å²) in [6, 6.07) is 3.45. The van der Waals surface area contributed by atoms with Crippen molar-refractivity contribution in [2.24, 2.45) is 0 Å². The van der Waals surface area contributed by atoms with Crippen LogP contribution in [0.15, 0.2) is 24.5 Å². The molecule has 0 radical (unpaired) electrons. The van der Waals surface area contributed by atoms with E-state index in [-0.39, 0.29) is 0 Å². The minimum Gasteiger partial charge on any atom is -0.491 e. The van der Waals surface area contributed by atoms with E-state index < -0.39 is 0 Å². The Morgan fingerprint density at radius 2 is 2.44 bits per heavy atom. The van der Waals surface area contributed by atoms with Gasteiger partial charge >= 0.3 is 0 Å². The van der Waals surface area contributed by atoms with Crippen LogP contribution in [-0.4, -0.2) is 12.3 Å². The monoisotopic (exact) mass is 126 g/mol. The molecule has 48 valence electrons. The van der Waals surface area contributed by atoms with E-state index in [0.717, 1.165) is 4.73 Å². The Balaban J connectivity index is 2.94. The van der Waals surface area contributed by atoms with Gasteiger partial charge in [0.2, 0.25) is 6.20 Å². The highest BCUT2D eigenvalue weighted by atomic mass is 16.5. The molecule has 0 atom stereocenters. The zero-order valence-electron chi connectivity index (χ0n) is 5.11. The Morgan fingerprint density at radius 1 is 1.67 bits per heavy atom. The van der Waals surface area contributed by atoms with Gasteiger partial charge in [-0.05, 0) is 6.07 Å². The summed E-state index contributed by atoms with van der Waals surface area (Å²) in [6.45, 7) is 0. The molecule has 0 aliphatic heterocycles. The van der Waals surface area contributed by atoms with Crippen molar-refractivity contribution in [1.29, 1.82) is 0 Å². The standard InChI is InChI=1S/C6H8NO2/c1-9-6-3-2-4-7(8)5-6/h2-5,8H,1H3/q+1. The van der Waals surface area contributed by atoms with Crippen molar-refractivity contribution in [2.75, 3.05) is 7.11 Å². The second-order valence-corrected chi connectivity index (χ2v) is 1.62. The van der Waals surface area contributed by atoms with Crippen LogP contribution in [0, 0.1) is 0 Å². The summed E-state index contributed by atoms with van der Waals surface area (Å²) >= 11 is 0. The maximum Gasteiger partial charge on any atom is 0.263 e. The summed E-state index contributed by atoms with van der Waals surface area (Å²) in [6.07, 6.45) is 2.99. The van der Waals surface area contributed by atoms with Gasteiger partial charge in [-0.1, -0.05) is 0 Å². The molecule has 0 spiro atoms. The number of aromatic nitrogens is 1. The first kappa shape index (κ1) is 5.88. The predicted octanol–water partition coefficient (Wildman–Crippen LogP) is 0.220. The molecule has 0 aromatic carbocycles. The van der Waals surface area contributed by atoms with E-state index >= 15 is 0 Å². The van der Waals surface area contributed by atoms with Crippen LogP contribution in [-0.2, 0) is 0 Å². The Bertz CT molecular complexity index is 200. The van der Waals surface area contributed by atoms with E-state index in [1.165, 1.54) is 12.4 Å². The summed E-state index contributed by atoms with van der Waals surface area (Å²) in [5.74, 6) is 0.639. The maximum absolute atomic E-state index is 8.78. The topological polar surface area (TPSA) is 33.3 Å². The van der Waals surface area contributed by atoms with Crippen molar-refractivity contribution in [3.8, 4) is 5.75 Å². The lowest BCUT2D eigenvalue weighted by atomic mass is 10.5. The first-order chi connectivity index (χ1) is 4.33. The number of nitrogens with zero attached hydrogens (tertiary/aromatic N) is 1. The highest BCUT2D eigenvalue weighted by molar-refractivity contribution is 5.11. The van der Waals surface area contributed by atoms with Gasteiger partial charge in [-0.15, -0.1) is 0 Å². The molecule has 0 amide bonds. The van der Waals surface area contributed by atoms with Crippen molar-refractivity contribution in [3.05, 3.63) is 24.5 Å². The average molecular weight is 126 g/mol. The van der Waals surface area contributed by atoms with Crippen LogP contribution in [0.5, 0.6) is 5.75 Å². The summed E-state index contributed by atoms with van der Waals surface area (Å²) < 4.78 is 5.76. The third-order valence-corrected chi connectivity index (χ3v) is 0.995.